The van der Waals surface area contributed by atoms with Gasteiger partial charge in [0.05, 0.1) is 6.04 Å². The van der Waals surface area contributed by atoms with Crippen LogP contribution in [0.25, 0.3) is 0 Å². The van der Waals surface area contributed by atoms with Gasteiger partial charge in [-0.1, -0.05) is 17.7 Å². The third kappa shape index (κ3) is 4.28. The molecule has 0 bridgehead atoms. The Balaban J connectivity index is 1.65. The lowest BCUT2D eigenvalue weighted by molar-refractivity contribution is -0.117. The maximum atomic E-state index is 13.4. The van der Waals surface area contributed by atoms with Gasteiger partial charge in [-0.2, -0.15) is 0 Å². The molecule has 0 aromatic heterocycles. The third-order valence-corrected chi connectivity index (χ3v) is 4.52. The van der Waals surface area contributed by atoms with E-state index in [-0.39, 0.29) is 30.6 Å². The van der Waals surface area contributed by atoms with E-state index in [1.54, 1.807) is 12.1 Å². The molecule has 4 nitrogen and oxygen atoms in total. The van der Waals surface area contributed by atoms with Crippen molar-refractivity contribution in [1.29, 1.82) is 0 Å². The van der Waals surface area contributed by atoms with Crippen molar-refractivity contribution in [3.8, 4) is 0 Å². The van der Waals surface area contributed by atoms with Gasteiger partial charge in [0.2, 0.25) is 5.91 Å². The lowest BCUT2D eigenvalue weighted by Gasteiger charge is -2.19. The minimum atomic E-state index is -0.724. The summed E-state index contributed by atoms with van der Waals surface area (Å²) in [5.74, 6) is -1.68. The first-order valence-electron chi connectivity index (χ1n) is 7.92. The SMILES string of the molecule is Cc1ccc(Cl)cc1NC(=S)NC1CC(=O)N(c2cc(F)cc(F)c2)C1. The van der Waals surface area contributed by atoms with Crippen molar-refractivity contribution in [2.24, 2.45) is 0 Å². The van der Waals surface area contributed by atoms with Crippen molar-refractivity contribution in [2.45, 2.75) is 19.4 Å². The quantitative estimate of drug-likeness (QED) is 0.770. The number of amides is 1. The van der Waals surface area contributed by atoms with Crippen LogP contribution < -0.4 is 15.5 Å². The standard InChI is InChI=1S/C18H16ClF2N3OS/c1-10-2-3-11(19)4-16(10)23-18(26)22-14-8-17(25)24(9-14)15-6-12(20)5-13(21)7-15/h2-7,14H,8-9H2,1H3,(H2,22,23,26). The molecule has 2 N–H and O–H groups in total. The number of rotatable bonds is 3. The summed E-state index contributed by atoms with van der Waals surface area (Å²) in [6.45, 7) is 2.18. The number of nitrogens with zero attached hydrogens (tertiary/aromatic N) is 1. The Kier molecular flexibility index (Phi) is 5.38. The van der Waals surface area contributed by atoms with E-state index in [0.717, 1.165) is 29.4 Å². The largest absolute Gasteiger partial charge is 0.357 e. The molecule has 1 aliphatic heterocycles. The van der Waals surface area contributed by atoms with Gasteiger partial charge in [0, 0.05) is 35.4 Å². The average molecular weight is 396 g/mol. The predicted molar refractivity (Wildman–Crippen MR) is 103 cm³/mol. The second-order valence-corrected chi connectivity index (χ2v) is 6.94. The molecule has 0 saturated carbocycles. The van der Waals surface area contributed by atoms with E-state index < -0.39 is 11.6 Å². The molecule has 8 heteroatoms. The van der Waals surface area contributed by atoms with Crippen LogP contribution in [0.4, 0.5) is 20.2 Å². The van der Waals surface area contributed by atoms with Crippen LogP contribution in [-0.2, 0) is 4.79 Å². The fraction of sp³-hybridized carbons (Fsp3) is 0.222. The van der Waals surface area contributed by atoms with Gasteiger partial charge in [0.15, 0.2) is 5.11 Å². The minimum Gasteiger partial charge on any atom is -0.357 e. The first-order chi connectivity index (χ1) is 12.3. The van der Waals surface area contributed by atoms with E-state index in [4.69, 9.17) is 23.8 Å². The molecular formula is C18H16ClF2N3OS. The van der Waals surface area contributed by atoms with Gasteiger partial charge in [-0.25, -0.2) is 8.78 Å². The summed E-state index contributed by atoms with van der Waals surface area (Å²) in [5, 5.41) is 7.04. The molecule has 0 spiro atoms. The van der Waals surface area contributed by atoms with Crippen LogP contribution in [0.2, 0.25) is 5.02 Å². The van der Waals surface area contributed by atoms with Gasteiger partial charge in [0.25, 0.3) is 0 Å². The minimum absolute atomic E-state index is 0.175. The Morgan fingerprint density at radius 1 is 1.23 bits per heavy atom. The average Bonchev–Trinajstić information content (AvgIpc) is 2.90. The van der Waals surface area contributed by atoms with Crippen molar-refractivity contribution >= 4 is 46.2 Å². The highest BCUT2D eigenvalue weighted by molar-refractivity contribution is 7.80. The summed E-state index contributed by atoms with van der Waals surface area (Å²) < 4.78 is 26.8. The number of carbonyl (C=O) groups excluding carboxylic acids is 1. The van der Waals surface area contributed by atoms with E-state index in [1.807, 2.05) is 13.0 Å². The summed E-state index contributed by atoms with van der Waals surface area (Å²) in [4.78, 5) is 13.6. The number of benzene rings is 2. The number of nitrogens with one attached hydrogen (secondary N) is 2. The van der Waals surface area contributed by atoms with Crippen molar-refractivity contribution in [1.82, 2.24) is 5.32 Å². The van der Waals surface area contributed by atoms with Gasteiger partial charge in [-0.15, -0.1) is 0 Å². The fourth-order valence-corrected chi connectivity index (χ4v) is 3.27. The first-order valence-corrected chi connectivity index (χ1v) is 8.70. The lowest BCUT2D eigenvalue weighted by Crippen LogP contribution is -2.39. The van der Waals surface area contributed by atoms with Crippen LogP contribution in [0.1, 0.15) is 12.0 Å². The van der Waals surface area contributed by atoms with Crippen LogP contribution in [0.15, 0.2) is 36.4 Å². The molecule has 1 saturated heterocycles. The van der Waals surface area contributed by atoms with Crippen molar-refractivity contribution in [2.75, 3.05) is 16.8 Å². The Morgan fingerprint density at radius 2 is 1.92 bits per heavy atom. The molecule has 1 amide bonds. The van der Waals surface area contributed by atoms with Crippen LogP contribution in [0.3, 0.4) is 0 Å². The molecule has 26 heavy (non-hydrogen) atoms. The lowest BCUT2D eigenvalue weighted by atomic mass is 10.2. The van der Waals surface area contributed by atoms with Crippen LogP contribution in [0.5, 0.6) is 0 Å². The number of halogens is 3. The zero-order valence-corrected chi connectivity index (χ0v) is 15.4. The predicted octanol–water partition coefficient (Wildman–Crippen LogP) is 4.02. The van der Waals surface area contributed by atoms with Gasteiger partial charge in [0.1, 0.15) is 11.6 Å². The molecule has 2 aromatic carbocycles. The smallest absolute Gasteiger partial charge is 0.229 e. The first kappa shape index (κ1) is 18.5. The summed E-state index contributed by atoms with van der Waals surface area (Å²) >= 11 is 11.3. The van der Waals surface area contributed by atoms with Crippen molar-refractivity contribution in [3.05, 3.63) is 58.6 Å². The molecule has 0 aliphatic carbocycles. The Bertz CT molecular complexity index is 857. The van der Waals surface area contributed by atoms with Crippen molar-refractivity contribution in [3.63, 3.8) is 0 Å². The van der Waals surface area contributed by atoms with Crippen molar-refractivity contribution < 1.29 is 13.6 Å². The zero-order chi connectivity index (χ0) is 18.8. The summed E-state index contributed by atoms with van der Waals surface area (Å²) in [6, 6.07) is 8.17. The molecule has 1 atom stereocenters. The maximum Gasteiger partial charge on any atom is 0.229 e. The van der Waals surface area contributed by atoms with E-state index in [2.05, 4.69) is 10.6 Å². The summed E-state index contributed by atoms with van der Waals surface area (Å²) in [5.41, 5.74) is 1.93. The summed E-state index contributed by atoms with van der Waals surface area (Å²) in [7, 11) is 0. The molecule has 0 radical (unpaired) electrons. The number of carbonyl (C=O) groups is 1. The van der Waals surface area contributed by atoms with E-state index in [0.29, 0.717) is 10.1 Å². The number of thiocarbonyl (C=S) groups is 1. The maximum absolute atomic E-state index is 13.4. The molecule has 3 rings (SSSR count). The second-order valence-electron chi connectivity index (χ2n) is 6.09. The Morgan fingerprint density at radius 3 is 2.62 bits per heavy atom. The summed E-state index contributed by atoms with van der Waals surface area (Å²) in [6.07, 6.45) is 0.175. The molecule has 136 valence electrons. The number of aryl methyl sites for hydroxylation is 1. The third-order valence-electron chi connectivity index (χ3n) is 4.07. The second kappa shape index (κ2) is 7.55. The highest BCUT2D eigenvalue weighted by Gasteiger charge is 2.31. The van der Waals surface area contributed by atoms with E-state index in [1.165, 1.54) is 4.90 Å². The van der Waals surface area contributed by atoms with Crippen LogP contribution >= 0.6 is 23.8 Å². The molecule has 1 heterocycles. The highest BCUT2D eigenvalue weighted by Crippen LogP contribution is 2.24. The Labute approximate surface area is 160 Å². The molecule has 2 aromatic rings. The molecular weight excluding hydrogens is 380 g/mol. The topological polar surface area (TPSA) is 44.4 Å². The fourth-order valence-electron chi connectivity index (χ4n) is 2.82. The normalized spacial score (nSPS) is 16.7. The monoisotopic (exact) mass is 395 g/mol. The molecule has 1 aliphatic rings. The van der Waals surface area contributed by atoms with Gasteiger partial charge < -0.3 is 15.5 Å². The van der Waals surface area contributed by atoms with Crippen LogP contribution in [0, 0.1) is 18.6 Å². The van der Waals surface area contributed by atoms with E-state index >= 15 is 0 Å². The zero-order valence-electron chi connectivity index (χ0n) is 13.9. The van der Waals surface area contributed by atoms with E-state index in [9.17, 15) is 13.6 Å². The molecule has 1 unspecified atom stereocenters. The number of hydrogen-bond acceptors (Lipinski definition) is 2. The number of anilines is 2. The highest BCUT2D eigenvalue weighted by atomic mass is 35.5. The van der Waals surface area contributed by atoms with Gasteiger partial charge in [-0.05, 0) is 49.0 Å². The van der Waals surface area contributed by atoms with Crippen LogP contribution in [-0.4, -0.2) is 23.6 Å². The van der Waals surface area contributed by atoms with Gasteiger partial charge in [-0.3, -0.25) is 4.79 Å². The number of hydrogen-bond donors (Lipinski definition) is 2. The Hall–Kier alpha value is -2.25. The van der Waals surface area contributed by atoms with Gasteiger partial charge >= 0.3 is 0 Å². The molecule has 1 fully saturated rings.